The molecule has 8 heteroatoms. The fraction of sp³-hybridized carbons (Fsp3) is 0.417. The maximum absolute atomic E-state index is 11.6. The van der Waals surface area contributed by atoms with Gasteiger partial charge in [-0.1, -0.05) is 6.92 Å². The summed E-state index contributed by atoms with van der Waals surface area (Å²) in [7, 11) is -3.02. The molecule has 0 saturated heterocycles. The molecule has 0 amide bonds. The lowest BCUT2D eigenvalue weighted by molar-refractivity contribution is 0.593. The highest BCUT2D eigenvalue weighted by molar-refractivity contribution is 7.91. The van der Waals surface area contributed by atoms with E-state index in [-0.39, 0.29) is 17.5 Å². The molecule has 7 nitrogen and oxygen atoms in total. The zero-order valence-electron chi connectivity index (χ0n) is 11.4. The van der Waals surface area contributed by atoms with Crippen molar-refractivity contribution in [1.82, 2.24) is 19.7 Å². The minimum atomic E-state index is -3.02. The van der Waals surface area contributed by atoms with Gasteiger partial charge in [0.2, 0.25) is 0 Å². The molecular formula is C12H17N5O2S. The summed E-state index contributed by atoms with van der Waals surface area (Å²) in [6, 6.07) is 3.40. The van der Waals surface area contributed by atoms with Crippen LogP contribution in [-0.2, 0) is 9.84 Å². The molecule has 1 N–H and O–H groups in total. The van der Waals surface area contributed by atoms with E-state index in [0.717, 1.165) is 5.69 Å². The summed E-state index contributed by atoms with van der Waals surface area (Å²) in [5, 5.41) is 7.19. The van der Waals surface area contributed by atoms with Gasteiger partial charge in [-0.25, -0.2) is 23.1 Å². The molecule has 0 aliphatic heterocycles. The minimum Gasteiger partial charge on any atom is -0.379 e. The van der Waals surface area contributed by atoms with Gasteiger partial charge in [0, 0.05) is 18.0 Å². The molecule has 0 aliphatic carbocycles. The second kappa shape index (κ2) is 6.00. The monoisotopic (exact) mass is 295 g/mol. The van der Waals surface area contributed by atoms with Crippen molar-refractivity contribution in [3.63, 3.8) is 0 Å². The van der Waals surface area contributed by atoms with Crippen LogP contribution < -0.4 is 5.32 Å². The first kappa shape index (κ1) is 14.4. The molecule has 0 aliphatic rings. The summed E-state index contributed by atoms with van der Waals surface area (Å²) in [6.07, 6.45) is 4.61. The third-order valence-corrected chi connectivity index (χ3v) is 4.66. The van der Waals surface area contributed by atoms with E-state index < -0.39 is 9.84 Å². The second-order valence-electron chi connectivity index (χ2n) is 4.46. The third kappa shape index (κ3) is 3.53. The fourth-order valence-electron chi connectivity index (χ4n) is 1.82. The van der Waals surface area contributed by atoms with E-state index in [9.17, 15) is 8.42 Å². The molecule has 0 saturated carbocycles. The molecule has 2 aromatic heterocycles. The number of hydrogen-bond donors (Lipinski definition) is 1. The zero-order chi connectivity index (χ0) is 14.6. The van der Waals surface area contributed by atoms with E-state index >= 15 is 0 Å². The van der Waals surface area contributed by atoms with Gasteiger partial charge in [-0.2, -0.15) is 5.10 Å². The van der Waals surface area contributed by atoms with Crippen LogP contribution in [0, 0.1) is 0 Å². The first-order valence-electron chi connectivity index (χ1n) is 6.29. The lowest BCUT2D eigenvalue weighted by Gasteiger charge is -2.16. The maximum Gasteiger partial charge on any atom is 0.178 e. The summed E-state index contributed by atoms with van der Waals surface area (Å²) in [5.41, 5.74) is 0.719. The lowest BCUT2D eigenvalue weighted by Crippen LogP contribution is -2.27. The van der Waals surface area contributed by atoms with Crippen molar-refractivity contribution in [3.8, 4) is 5.82 Å². The van der Waals surface area contributed by atoms with Crippen LogP contribution in [0.25, 0.3) is 5.82 Å². The highest BCUT2D eigenvalue weighted by Crippen LogP contribution is 2.17. The number of nitrogens with one attached hydrogen (secondary N) is 1. The van der Waals surface area contributed by atoms with Crippen LogP contribution in [0.5, 0.6) is 0 Å². The highest BCUT2D eigenvalue weighted by atomic mass is 32.2. The van der Waals surface area contributed by atoms with E-state index in [0.29, 0.717) is 5.82 Å². The summed E-state index contributed by atoms with van der Waals surface area (Å²) in [5.74, 6) is 0.808. The minimum absolute atomic E-state index is 0.0786. The molecule has 0 aromatic carbocycles. The number of hydrogen-bond acceptors (Lipinski definition) is 6. The standard InChI is InChI=1S/C12H17N5O2S/c1-3-20(18,19)7-10(2)16-11-5-4-6-14-12(11)17-9-13-8-15-17/h4-6,8-10,16H,3,7H2,1-2H3. The molecule has 0 fully saturated rings. The smallest absolute Gasteiger partial charge is 0.178 e. The topological polar surface area (TPSA) is 89.8 Å². The SMILES string of the molecule is CCS(=O)(=O)CC(C)Nc1cccnc1-n1cncn1. The van der Waals surface area contributed by atoms with Gasteiger partial charge in [-0.3, -0.25) is 0 Å². The Balaban J connectivity index is 2.18. The Morgan fingerprint density at radius 2 is 2.25 bits per heavy atom. The first-order chi connectivity index (χ1) is 9.52. The van der Waals surface area contributed by atoms with Crippen LogP contribution in [0.4, 0.5) is 5.69 Å². The number of sulfone groups is 1. The van der Waals surface area contributed by atoms with Gasteiger partial charge >= 0.3 is 0 Å². The maximum atomic E-state index is 11.6. The van der Waals surface area contributed by atoms with Gasteiger partial charge in [0.15, 0.2) is 15.7 Å². The Morgan fingerprint density at radius 1 is 1.45 bits per heavy atom. The van der Waals surface area contributed by atoms with Crippen molar-refractivity contribution >= 4 is 15.5 Å². The molecule has 2 heterocycles. The Bertz CT molecular complexity index is 654. The number of rotatable bonds is 6. The Labute approximate surface area is 118 Å². The molecule has 0 radical (unpaired) electrons. The largest absolute Gasteiger partial charge is 0.379 e. The summed E-state index contributed by atoms with van der Waals surface area (Å²) >= 11 is 0. The van der Waals surface area contributed by atoms with Crippen molar-refractivity contribution in [2.75, 3.05) is 16.8 Å². The Morgan fingerprint density at radius 3 is 2.90 bits per heavy atom. The summed E-state index contributed by atoms with van der Waals surface area (Å²) < 4.78 is 24.8. The van der Waals surface area contributed by atoms with Crippen LogP contribution in [0.3, 0.4) is 0 Å². The third-order valence-electron chi connectivity index (χ3n) is 2.77. The zero-order valence-corrected chi connectivity index (χ0v) is 12.2. The second-order valence-corrected chi connectivity index (χ2v) is 6.86. The predicted molar refractivity (Wildman–Crippen MR) is 76.6 cm³/mol. The average Bonchev–Trinajstić information content (AvgIpc) is 2.92. The number of aromatic nitrogens is 4. The molecule has 20 heavy (non-hydrogen) atoms. The van der Waals surface area contributed by atoms with Crippen molar-refractivity contribution in [2.24, 2.45) is 0 Å². The van der Waals surface area contributed by atoms with E-state index in [1.54, 1.807) is 25.5 Å². The Hall–Kier alpha value is -1.96. The fourth-order valence-corrected chi connectivity index (χ4v) is 2.90. The van der Waals surface area contributed by atoms with Crippen LogP contribution >= 0.6 is 0 Å². The van der Waals surface area contributed by atoms with Crippen molar-refractivity contribution < 1.29 is 8.42 Å². The van der Waals surface area contributed by atoms with Crippen molar-refractivity contribution in [2.45, 2.75) is 19.9 Å². The highest BCUT2D eigenvalue weighted by Gasteiger charge is 2.15. The lowest BCUT2D eigenvalue weighted by atomic mass is 10.3. The van der Waals surface area contributed by atoms with Crippen molar-refractivity contribution in [3.05, 3.63) is 31.0 Å². The van der Waals surface area contributed by atoms with Crippen LogP contribution in [-0.4, -0.2) is 45.7 Å². The molecule has 2 aromatic rings. The van der Waals surface area contributed by atoms with E-state index in [2.05, 4.69) is 20.4 Å². The van der Waals surface area contributed by atoms with E-state index in [1.807, 2.05) is 13.0 Å². The van der Waals surface area contributed by atoms with Gasteiger partial charge in [-0.05, 0) is 19.1 Å². The molecule has 2 rings (SSSR count). The number of nitrogens with zero attached hydrogens (tertiary/aromatic N) is 4. The number of pyridine rings is 1. The molecule has 1 unspecified atom stereocenters. The van der Waals surface area contributed by atoms with Crippen LogP contribution in [0.15, 0.2) is 31.0 Å². The van der Waals surface area contributed by atoms with Gasteiger partial charge in [0.25, 0.3) is 0 Å². The summed E-state index contributed by atoms with van der Waals surface area (Å²) in [4.78, 5) is 8.12. The van der Waals surface area contributed by atoms with Gasteiger partial charge in [0.1, 0.15) is 12.7 Å². The average molecular weight is 295 g/mol. The van der Waals surface area contributed by atoms with Crippen LogP contribution in [0.1, 0.15) is 13.8 Å². The summed E-state index contributed by atoms with van der Waals surface area (Å²) in [6.45, 7) is 3.47. The molecule has 0 bridgehead atoms. The molecular weight excluding hydrogens is 278 g/mol. The van der Waals surface area contributed by atoms with Gasteiger partial charge in [-0.15, -0.1) is 0 Å². The van der Waals surface area contributed by atoms with E-state index in [4.69, 9.17) is 0 Å². The van der Waals surface area contributed by atoms with Gasteiger partial charge < -0.3 is 5.32 Å². The van der Waals surface area contributed by atoms with Crippen LogP contribution in [0.2, 0.25) is 0 Å². The van der Waals surface area contributed by atoms with Gasteiger partial charge in [0.05, 0.1) is 11.4 Å². The predicted octanol–water partition coefficient (Wildman–Crippen LogP) is 0.897. The molecule has 1 atom stereocenters. The van der Waals surface area contributed by atoms with E-state index in [1.165, 1.54) is 11.0 Å². The molecule has 0 spiro atoms. The number of anilines is 1. The normalized spacial score (nSPS) is 13.1. The van der Waals surface area contributed by atoms with Crippen molar-refractivity contribution in [1.29, 1.82) is 0 Å². The molecule has 108 valence electrons. The Kier molecular flexibility index (Phi) is 4.33. The quantitative estimate of drug-likeness (QED) is 0.851. The first-order valence-corrected chi connectivity index (χ1v) is 8.11.